The van der Waals surface area contributed by atoms with Gasteiger partial charge >= 0.3 is 0 Å². The van der Waals surface area contributed by atoms with Crippen LogP contribution in [0.4, 0.5) is 5.69 Å². The first-order valence-electron chi connectivity index (χ1n) is 6.31. The van der Waals surface area contributed by atoms with Crippen LogP contribution < -0.4 is 5.32 Å². The van der Waals surface area contributed by atoms with E-state index in [-0.39, 0.29) is 5.91 Å². The summed E-state index contributed by atoms with van der Waals surface area (Å²) in [5, 5.41) is 10.8. The Balaban J connectivity index is 2.04. The lowest BCUT2D eigenvalue weighted by Crippen LogP contribution is -2.26. The first-order valence-corrected chi connectivity index (χ1v) is 6.31. The van der Waals surface area contributed by atoms with Crippen LogP contribution in [0, 0.1) is 0 Å². The number of nitrogens with zero attached hydrogens (tertiary/aromatic N) is 2. The predicted molar refractivity (Wildman–Crippen MR) is 70.8 cm³/mol. The van der Waals surface area contributed by atoms with Crippen LogP contribution in [0.1, 0.15) is 32.2 Å². The number of hydrogen-bond donors (Lipinski definition) is 1. The lowest BCUT2D eigenvalue weighted by molar-refractivity contribution is -0.119. The van der Waals surface area contributed by atoms with Crippen LogP contribution in [0.2, 0.25) is 0 Å². The molecule has 0 atom stereocenters. The summed E-state index contributed by atoms with van der Waals surface area (Å²) in [7, 11) is 0. The van der Waals surface area contributed by atoms with Crippen LogP contribution in [-0.2, 0) is 16.6 Å². The summed E-state index contributed by atoms with van der Waals surface area (Å²) in [6, 6.07) is 5.74. The normalized spacial score (nSPS) is 16.3. The number of anilines is 1. The highest BCUT2D eigenvalue weighted by Gasteiger charge is 2.38. The summed E-state index contributed by atoms with van der Waals surface area (Å²) >= 11 is 0. The van der Waals surface area contributed by atoms with Crippen LogP contribution >= 0.6 is 0 Å². The Kier molecular flexibility index (Phi) is 2.45. The molecule has 1 N–H and O–H groups in total. The fraction of sp³-hybridized carbons (Fsp3) is 0.357. The molecule has 0 saturated carbocycles. The lowest BCUT2D eigenvalue weighted by atomic mass is 9.86. The first kappa shape index (κ1) is 11.9. The van der Waals surface area contributed by atoms with Crippen molar-refractivity contribution in [3.63, 3.8) is 0 Å². The fourth-order valence-electron chi connectivity index (χ4n) is 2.24. The largest absolute Gasteiger partial charge is 0.421 e. The summed E-state index contributed by atoms with van der Waals surface area (Å²) in [5.41, 5.74) is 2.15. The molecule has 5 heteroatoms. The number of carbonyl (C=O) groups is 1. The van der Waals surface area contributed by atoms with Crippen molar-refractivity contribution >= 4 is 11.6 Å². The second kappa shape index (κ2) is 3.91. The average Bonchev–Trinajstić information content (AvgIpc) is 2.94. The zero-order valence-corrected chi connectivity index (χ0v) is 11.2. The van der Waals surface area contributed by atoms with Gasteiger partial charge < -0.3 is 9.73 Å². The molecular formula is C14H15N3O2. The van der Waals surface area contributed by atoms with Gasteiger partial charge in [0.05, 0.1) is 5.41 Å². The van der Waals surface area contributed by atoms with E-state index in [4.69, 9.17) is 4.42 Å². The van der Waals surface area contributed by atoms with Crippen molar-refractivity contribution in [3.05, 3.63) is 29.7 Å². The number of amides is 1. The van der Waals surface area contributed by atoms with E-state index in [1.54, 1.807) is 0 Å². The quantitative estimate of drug-likeness (QED) is 0.897. The maximum absolute atomic E-state index is 11.9. The molecule has 0 saturated heterocycles. The Labute approximate surface area is 111 Å². The van der Waals surface area contributed by atoms with E-state index in [1.807, 2.05) is 39.0 Å². The molecule has 3 rings (SSSR count). The molecule has 19 heavy (non-hydrogen) atoms. The average molecular weight is 257 g/mol. The molecule has 0 fully saturated rings. The molecule has 0 unspecified atom stereocenters. The Hall–Kier alpha value is -2.17. The number of aromatic nitrogens is 2. The minimum Gasteiger partial charge on any atom is -0.421 e. The number of aryl methyl sites for hydroxylation is 1. The number of rotatable bonds is 2. The van der Waals surface area contributed by atoms with Gasteiger partial charge in [-0.15, -0.1) is 10.2 Å². The van der Waals surface area contributed by atoms with Crippen molar-refractivity contribution in [3.8, 4) is 11.5 Å². The van der Waals surface area contributed by atoms with Crippen LogP contribution in [0.15, 0.2) is 22.6 Å². The summed E-state index contributed by atoms with van der Waals surface area (Å²) in [5.74, 6) is 1.11. The lowest BCUT2D eigenvalue weighted by Gasteiger charge is -2.14. The molecule has 2 aromatic rings. The molecule has 0 aliphatic carbocycles. The highest BCUT2D eigenvalue weighted by Crippen LogP contribution is 2.39. The molecular weight excluding hydrogens is 242 g/mol. The number of fused-ring (bicyclic) bond motifs is 1. The Bertz CT molecular complexity index is 658. The molecule has 98 valence electrons. The number of hydrogen-bond acceptors (Lipinski definition) is 4. The van der Waals surface area contributed by atoms with E-state index in [0.29, 0.717) is 18.2 Å². The summed E-state index contributed by atoms with van der Waals surface area (Å²) < 4.78 is 5.52. The third-order valence-corrected chi connectivity index (χ3v) is 3.53. The monoisotopic (exact) mass is 257 g/mol. The maximum atomic E-state index is 11.9. The minimum atomic E-state index is -0.489. The zero-order valence-electron chi connectivity index (χ0n) is 11.2. The maximum Gasteiger partial charge on any atom is 0.247 e. The summed E-state index contributed by atoms with van der Waals surface area (Å²) in [6.45, 7) is 5.79. The summed E-state index contributed by atoms with van der Waals surface area (Å²) in [6.07, 6.45) is 0.710. The van der Waals surface area contributed by atoms with E-state index in [0.717, 1.165) is 16.8 Å². The van der Waals surface area contributed by atoms with Crippen LogP contribution in [0.3, 0.4) is 0 Å². The minimum absolute atomic E-state index is 0.0134. The summed E-state index contributed by atoms with van der Waals surface area (Å²) in [4.78, 5) is 11.9. The van der Waals surface area contributed by atoms with Gasteiger partial charge in [0, 0.05) is 17.7 Å². The van der Waals surface area contributed by atoms with Gasteiger partial charge in [-0.1, -0.05) is 13.0 Å². The van der Waals surface area contributed by atoms with Crippen LogP contribution in [0.25, 0.3) is 11.5 Å². The molecule has 1 aromatic heterocycles. The predicted octanol–water partition coefficient (Wildman–Crippen LogP) is 2.53. The Morgan fingerprint density at radius 2 is 2.11 bits per heavy atom. The highest BCUT2D eigenvalue weighted by molar-refractivity contribution is 6.06. The highest BCUT2D eigenvalue weighted by atomic mass is 16.4. The molecule has 1 amide bonds. The Morgan fingerprint density at radius 1 is 1.32 bits per heavy atom. The van der Waals surface area contributed by atoms with E-state index in [9.17, 15) is 4.79 Å². The molecule has 1 aliphatic heterocycles. The fourth-order valence-corrected chi connectivity index (χ4v) is 2.24. The van der Waals surface area contributed by atoms with Crippen molar-refractivity contribution in [2.24, 2.45) is 0 Å². The van der Waals surface area contributed by atoms with E-state index >= 15 is 0 Å². The van der Waals surface area contributed by atoms with Gasteiger partial charge in [0.25, 0.3) is 0 Å². The van der Waals surface area contributed by atoms with Crippen molar-refractivity contribution < 1.29 is 9.21 Å². The third kappa shape index (κ3) is 1.73. The van der Waals surface area contributed by atoms with Crippen molar-refractivity contribution in [1.82, 2.24) is 10.2 Å². The zero-order chi connectivity index (χ0) is 13.6. The van der Waals surface area contributed by atoms with Gasteiger partial charge in [-0.25, -0.2) is 0 Å². The van der Waals surface area contributed by atoms with Crippen LogP contribution in [-0.4, -0.2) is 16.1 Å². The number of benzene rings is 1. The van der Waals surface area contributed by atoms with Gasteiger partial charge in [-0.05, 0) is 31.5 Å². The second-order valence-electron chi connectivity index (χ2n) is 5.19. The van der Waals surface area contributed by atoms with Crippen molar-refractivity contribution in [2.75, 3.05) is 5.32 Å². The van der Waals surface area contributed by atoms with Gasteiger partial charge in [0.2, 0.25) is 17.7 Å². The molecule has 0 radical (unpaired) electrons. The molecule has 5 nitrogen and oxygen atoms in total. The second-order valence-corrected chi connectivity index (χ2v) is 5.19. The third-order valence-electron chi connectivity index (χ3n) is 3.53. The number of carbonyl (C=O) groups excluding carboxylic acids is 1. The van der Waals surface area contributed by atoms with Gasteiger partial charge in [0.1, 0.15) is 0 Å². The van der Waals surface area contributed by atoms with Gasteiger partial charge in [0.15, 0.2) is 0 Å². The topological polar surface area (TPSA) is 68.0 Å². The Morgan fingerprint density at radius 3 is 2.79 bits per heavy atom. The molecule has 2 heterocycles. The van der Waals surface area contributed by atoms with E-state index in [1.165, 1.54) is 0 Å². The van der Waals surface area contributed by atoms with Gasteiger partial charge in [-0.2, -0.15) is 0 Å². The molecule has 0 spiro atoms. The molecule has 0 bridgehead atoms. The number of nitrogens with one attached hydrogen (secondary N) is 1. The standard InChI is InChI=1S/C14H15N3O2/c1-4-11-16-17-12(19-11)8-5-6-9-10(7-8)15-13(18)14(9,2)3/h5-7H,4H2,1-3H3,(H,15,18). The van der Waals surface area contributed by atoms with E-state index in [2.05, 4.69) is 15.5 Å². The van der Waals surface area contributed by atoms with Crippen LogP contribution in [0.5, 0.6) is 0 Å². The van der Waals surface area contributed by atoms with Crippen molar-refractivity contribution in [1.29, 1.82) is 0 Å². The SMILES string of the molecule is CCc1nnc(-c2ccc3c(c2)NC(=O)C3(C)C)o1. The van der Waals surface area contributed by atoms with Gasteiger partial charge in [-0.3, -0.25) is 4.79 Å². The smallest absolute Gasteiger partial charge is 0.247 e. The molecule has 1 aliphatic rings. The van der Waals surface area contributed by atoms with E-state index < -0.39 is 5.41 Å². The first-order chi connectivity index (χ1) is 9.02. The molecule has 1 aromatic carbocycles. The van der Waals surface area contributed by atoms with Crippen molar-refractivity contribution in [2.45, 2.75) is 32.6 Å².